The number of carboxylic acid groups (broad SMARTS) is 1. The largest absolute Gasteiger partial charge is 0.480 e. The van der Waals surface area contributed by atoms with E-state index in [1.807, 2.05) is 0 Å². The minimum absolute atomic E-state index is 0.0729. The normalized spacial score (nSPS) is 14.7. The summed E-state index contributed by atoms with van der Waals surface area (Å²) in [5.41, 5.74) is 5.69. The molecule has 3 unspecified atom stereocenters. The van der Waals surface area contributed by atoms with Crippen molar-refractivity contribution in [2.75, 3.05) is 6.54 Å². The molecule has 0 aliphatic carbocycles. The van der Waals surface area contributed by atoms with Crippen LogP contribution in [0.25, 0.3) is 0 Å². The Morgan fingerprint density at radius 3 is 1.69 bits per heavy atom. The zero-order valence-corrected chi connectivity index (χ0v) is 16.3. The molecule has 9 nitrogen and oxygen atoms in total. The summed E-state index contributed by atoms with van der Waals surface area (Å²) in [4.78, 5) is 47.4. The summed E-state index contributed by atoms with van der Waals surface area (Å²) in [6.45, 7) is 10.1. The molecule has 0 radical (unpaired) electrons. The van der Waals surface area contributed by atoms with Crippen molar-refractivity contribution in [2.24, 2.45) is 23.5 Å². The minimum Gasteiger partial charge on any atom is -0.480 e. The molecule has 6 N–H and O–H groups in total. The van der Waals surface area contributed by atoms with Crippen LogP contribution in [0.5, 0.6) is 0 Å². The second kappa shape index (κ2) is 10.7. The Hall–Kier alpha value is -2.16. The number of carboxylic acids is 1. The molecule has 0 heterocycles. The third-order valence-corrected chi connectivity index (χ3v) is 3.94. The first-order valence-electron chi connectivity index (χ1n) is 8.74. The lowest BCUT2D eigenvalue weighted by atomic mass is 10.0. The van der Waals surface area contributed by atoms with Crippen molar-refractivity contribution >= 4 is 23.7 Å². The van der Waals surface area contributed by atoms with Crippen LogP contribution in [0.4, 0.5) is 0 Å². The highest BCUT2D eigenvalue weighted by molar-refractivity contribution is 5.92. The van der Waals surface area contributed by atoms with E-state index in [0.717, 1.165) is 0 Å². The number of amides is 3. The van der Waals surface area contributed by atoms with Crippen LogP contribution in [0.1, 0.15) is 41.5 Å². The molecule has 0 bridgehead atoms. The van der Waals surface area contributed by atoms with Gasteiger partial charge in [0.25, 0.3) is 0 Å². The predicted molar refractivity (Wildman–Crippen MR) is 97.0 cm³/mol. The van der Waals surface area contributed by atoms with E-state index in [1.54, 1.807) is 41.5 Å². The van der Waals surface area contributed by atoms with E-state index in [4.69, 9.17) is 5.73 Å². The number of carbonyl (C=O) groups excluding carboxylic acids is 3. The zero-order chi connectivity index (χ0) is 20.6. The van der Waals surface area contributed by atoms with Crippen LogP contribution in [0, 0.1) is 17.8 Å². The van der Waals surface area contributed by atoms with Crippen molar-refractivity contribution in [3.63, 3.8) is 0 Å². The standard InChI is InChI=1S/C17H32N4O5/c1-8(2)12(18)15(23)19-7-11(22)20-13(9(3)4)16(24)21-14(10(5)6)17(25)26/h8-10,12-14H,7,18H2,1-6H3,(H,19,23)(H,20,22)(H,21,24)(H,25,26). The van der Waals surface area contributed by atoms with E-state index in [9.17, 15) is 24.3 Å². The second-order valence-electron chi connectivity index (χ2n) is 7.35. The molecule has 0 rings (SSSR count). The highest BCUT2D eigenvalue weighted by Crippen LogP contribution is 2.06. The van der Waals surface area contributed by atoms with Gasteiger partial charge in [-0.05, 0) is 17.8 Å². The molecule has 3 atom stereocenters. The van der Waals surface area contributed by atoms with E-state index < -0.39 is 41.8 Å². The van der Waals surface area contributed by atoms with Gasteiger partial charge in [-0.2, -0.15) is 0 Å². The molecule has 0 aromatic carbocycles. The van der Waals surface area contributed by atoms with Crippen LogP contribution in [0.15, 0.2) is 0 Å². The Balaban J connectivity index is 4.81. The molecular formula is C17H32N4O5. The highest BCUT2D eigenvalue weighted by Gasteiger charge is 2.30. The molecule has 0 aromatic rings. The van der Waals surface area contributed by atoms with Gasteiger partial charge in [0.05, 0.1) is 12.6 Å². The lowest BCUT2D eigenvalue weighted by Crippen LogP contribution is -2.56. The molecule has 3 amide bonds. The van der Waals surface area contributed by atoms with Gasteiger partial charge in [0, 0.05) is 0 Å². The third-order valence-electron chi connectivity index (χ3n) is 3.94. The van der Waals surface area contributed by atoms with Gasteiger partial charge < -0.3 is 26.8 Å². The molecule has 0 saturated heterocycles. The van der Waals surface area contributed by atoms with E-state index in [1.165, 1.54) is 0 Å². The molecule has 0 fully saturated rings. The molecular weight excluding hydrogens is 340 g/mol. The molecule has 0 aliphatic heterocycles. The maximum absolute atomic E-state index is 12.4. The van der Waals surface area contributed by atoms with Gasteiger partial charge in [0.2, 0.25) is 17.7 Å². The van der Waals surface area contributed by atoms with Gasteiger partial charge in [-0.25, -0.2) is 4.79 Å². The maximum atomic E-state index is 12.4. The van der Waals surface area contributed by atoms with E-state index >= 15 is 0 Å². The van der Waals surface area contributed by atoms with Crippen molar-refractivity contribution in [2.45, 2.75) is 59.7 Å². The summed E-state index contributed by atoms with van der Waals surface area (Å²) >= 11 is 0. The van der Waals surface area contributed by atoms with Gasteiger partial charge in [-0.1, -0.05) is 41.5 Å². The topological polar surface area (TPSA) is 151 Å². The van der Waals surface area contributed by atoms with Crippen molar-refractivity contribution < 1.29 is 24.3 Å². The third kappa shape index (κ3) is 7.81. The highest BCUT2D eigenvalue weighted by atomic mass is 16.4. The molecule has 9 heteroatoms. The lowest BCUT2D eigenvalue weighted by molar-refractivity contribution is -0.143. The van der Waals surface area contributed by atoms with Crippen molar-refractivity contribution in [3.05, 3.63) is 0 Å². The molecule has 0 saturated carbocycles. The summed E-state index contributed by atoms with van der Waals surface area (Å²) in [6.07, 6.45) is 0. The van der Waals surface area contributed by atoms with Crippen molar-refractivity contribution in [3.8, 4) is 0 Å². The summed E-state index contributed by atoms with van der Waals surface area (Å²) in [5.74, 6) is -3.38. The summed E-state index contributed by atoms with van der Waals surface area (Å²) < 4.78 is 0. The molecule has 0 aromatic heterocycles. The number of aliphatic carboxylic acids is 1. The Kier molecular flexibility index (Phi) is 9.85. The van der Waals surface area contributed by atoms with E-state index in [2.05, 4.69) is 16.0 Å². The Morgan fingerprint density at radius 2 is 1.31 bits per heavy atom. The second-order valence-corrected chi connectivity index (χ2v) is 7.35. The molecule has 150 valence electrons. The summed E-state index contributed by atoms with van der Waals surface area (Å²) in [5, 5.41) is 16.6. The van der Waals surface area contributed by atoms with Gasteiger partial charge >= 0.3 is 5.97 Å². The predicted octanol–water partition coefficient (Wildman–Crippen LogP) is -0.548. The SMILES string of the molecule is CC(C)C(N)C(=O)NCC(=O)NC(C(=O)NC(C(=O)O)C(C)C)C(C)C. The quantitative estimate of drug-likeness (QED) is 0.347. The Labute approximate surface area is 154 Å². The van der Waals surface area contributed by atoms with Crippen LogP contribution < -0.4 is 21.7 Å². The van der Waals surface area contributed by atoms with Crippen LogP contribution in [-0.4, -0.2) is 53.5 Å². The molecule has 0 spiro atoms. The lowest BCUT2D eigenvalue weighted by Gasteiger charge is -2.25. The number of carbonyl (C=O) groups is 4. The minimum atomic E-state index is -1.14. The fraction of sp³-hybridized carbons (Fsp3) is 0.765. The monoisotopic (exact) mass is 372 g/mol. The zero-order valence-electron chi connectivity index (χ0n) is 16.3. The maximum Gasteiger partial charge on any atom is 0.326 e. The number of rotatable bonds is 10. The van der Waals surface area contributed by atoms with Crippen LogP contribution in [0.2, 0.25) is 0 Å². The Morgan fingerprint density at radius 1 is 0.808 bits per heavy atom. The number of hydrogen-bond donors (Lipinski definition) is 5. The number of nitrogens with one attached hydrogen (secondary N) is 3. The average Bonchev–Trinajstić information content (AvgIpc) is 2.53. The molecule has 26 heavy (non-hydrogen) atoms. The number of hydrogen-bond acceptors (Lipinski definition) is 5. The van der Waals surface area contributed by atoms with Gasteiger partial charge in [0.15, 0.2) is 0 Å². The van der Waals surface area contributed by atoms with E-state index in [0.29, 0.717) is 0 Å². The van der Waals surface area contributed by atoms with Gasteiger partial charge in [0.1, 0.15) is 12.1 Å². The van der Waals surface area contributed by atoms with E-state index in [-0.39, 0.29) is 24.3 Å². The molecule has 0 aliphatic rings. The van der Waals surface area contributed by atoms with Crippen LogP contribution in [-0.2, 0) is 19.2 Å². The average molecular weight is 372 g/mol. The fourth-order valence-corrected chi connectivity index (χ4v) is 2.10. The van der Waals surface area contributed by atoms with Gasteiger partial charge in [-0.15, -0.1) is 0 Å². The summed E-state index contributed by atoms with van der Waals surface area (Å²) in [7, 11) is 0. The van der Waals surface area contributed by atoms with Crippen molar-refractivity contribution in [1.82, 2.24) is 16.0 Å². The number of nitrogens with two attached hydrogens (primary N) is 1. The first-order valence-corrected chi connectivity index (χ1v) is 8.74. The summed E-state index contributed by atoms with van der Waals surface area (Å²) in [6, 6.07) is -2.70. The Bertz CT molecular complexity index is 519. The first kappa shape index (κ1) is 23.8. The smallest absolute Gasteiger partial charge is 0.326 e. The van der Waals surface area contributed by atoms with Crippen molar-refractivity contribution in [1.29, 1.82) is 0 Å². The fourth-order valence-electron chi connectivity index (χ4n) is 2.10. The van der Waals surface area contributed by atoms with Crippen LogP contribution >= 0.6 is 0 Å². The van der Waals surface area contributed by atoms with Crippen LogP contribution in [0.3, 0.4) is 0 Å². The van der Waals surface area contributed by atoms with Gasteiger partial charge in [-0.3, -0.25) is 14.4 Å². The first-order chi connectivity index (χ1) is 11.9.